The Morgan fingerprint density at radius 1 is 1.14 bits per heavy atom. The molecule has 0 atom stereocenters. The number of amidine groups is 1. The van der Waals surface area contributed by atoms with Crippen LogP contribution < -0.4 is 4.90 Å². The third-order valence-electron chi connectivity index (χ3n) is 3.75. The maximum atomic E-state index is 13.5. The molecule has 104 valence electrons. The summed E-state index contributed by atoms with van der Waals surface area (Å²) in [6.45, 7) is 1.27. The number of nitrogens with zero attached hydrogens (tertiary/aromatic N) is 3. The maximum Gasteiger partial charge on any atom is 0.267 e. The number of hydrogen-bond donors (Lipinski definition) is 0. The fraction of sp³-hybridized carbons (Fsp3) is 0.125. The summed E-state index contributed by atoms with van der Waals surface area (Å²) in [4.78, 5) is 6.35. The normalized spacial score (nSPS) is 16.6. The molecule has 0 bridgehead atoms. The molecule has 0 aliphatic carbocycles. The average molecular weight is 281 g/mol. The summed E-state index contributed by atoms with van der Waals surface area (Å²) in [5.74, 6) is 0.269. The standard InChI is InChI=1S/C16H12FN3O/c17-12-6-7-13-14(10-12)19-9-8-18-16(19)15(20(13)21)11-4-2-1-3-5-11/h1-7,10H,8-9H2. The highest BCUT2D eigenvalue weighted by Crippen LogP contribution is 2.35. The van der Waals surface area contributed by atoms with Gasteiger partial charge in [0.25, 0.3) is 5.71 Å². The van der Waals surface area contributed by atoms with Crippen LogP contribution in [0.1, 0.15) is 5.56 Å². The molecule has 0 unspecified atom stereocenters. The first-order valence-corrected chi connectivity index (χ1v) is 6.77. The summed E-state index contributed by atoms with van der Waals surface area (Å²) >= 11 is 0. The van der Waals surface area contributed by atoms with Crippen molar-refractivity contribution in [2.45, 2.75) is 0 Å². The van der Waals surface area contributed by atoms with Crippen molar-refractivity contribution in [2.75, 3.05) is 18.0 Å². The zero-order chi connectivity index (χ0) is 14.4. The molecule has 21 heavy (non-hydrogen) atoms. The van der Waals surface area contributed by atoms with Crippen LogP contribution in [0, 0.1) is 11.0 Å². The van der Waals surface area contributed by atoms with E-state index in [9.17, 15) is 9.60 Å². The fourth-order valence-corrected chi connectivity index (χ4v) is 2.82. The van der Waals surface area contributed by atoms with Crippen LogP contribution in [0.2, 0.25) is 0 Å². The molecule has 0 amide bonds. The highest BCUT2D eigenvalue weighted by atomic mass is 19.1. The number of anilines is 1. The highest BCUT2D eigenvalue weighted by molar-refractivity contribution is 6.51. The van der Waals surface area contributed by atoms with E-state index in [-0.39, 0.29) is 5.82 Å². The summed E-state index contributed by atoms with van der Waals surface area (Å²) < 4.78 is 14.4. The Hall–Kier alpha value is -2.69. The van der Waals surface area contributed by atoms with E-state index < -0.39 is 0 Å². The smallest absolute Gasteiger partial charge is 0.267 e. The second-order valence-corrected chi connectivity index (χ2v) is 5.00. The summed E-state index contributed by atoms with van der Waals surface area (Å²) in [6, 6.07) is 13.7. The van der Waals surface area contributed by atoms with Crippen LogP contribution in [0.4, 0.5) is 15.8 Å². The summed E-state index contributed by atoms with van der Waals surface area (Å²) in [6.07, 6.45) is 0. The number of aliphatic imine (C=N–C) groups is 1. The molecular weight excluding hydrogens is 269 g/mol. The van der Waals surface area contributed by atoms with Crippen LogP contribution in [-0.4, -0.2) is 29.4 Å². The number of rotatable bonds is 1. The van der Waals surface area contributed by atoms with Gasteiger partial charge in [0.1, 0.15) is 11.5 Å². The van der Waals surface area contributed by atoms with Gasteiger partial charge in [-0.25, -0.2) is 4.39 Å². The average Bonchev–Trinajstić information content (AvgIpc) is 2.98. The van der Waals surface area contributed by atoms with Crippen molar-refractivity contribution in [1.82, 2.24) is 0 Å². The molecule has 2 aromatic rings. The molecule has 2 aromatic carbocycles. The van der Waals surface area contributed by atoms with Crippen molar-refractivity contribution >= 4 is 22.9 Å². The Kier molecular flexibility index (Phi) is 2.54. The third-order valence-corrected chi connectivity index (χ3v) is 3.75. The lowest BCUT2D eigenvalue weighted by Crippen LogP contribution is -2.41. The second-order valence-electron chi connectivity index (χ2n) is 5.00. The molecule has 5 heteroatoms. The second kappa shape index (κ2) is 4.41. The van der Waals surface area contributed by atoms with Crippen LogP contribution >= 0.6 is 0 Å². The third kappa shape index (κ3) is 1.74. The molecule has 0 aromatic heterocycles. The van der Waals surface area contributed by atoms with Gasteiger partial charge in [-0.05, 0) is 18.2 Å². The molecule has 2 aliphatic rings. The first-order chi connectivity index (χ1) is 10.3. The minimum absolute atomic E-state index is 0.350. The molecule has 0 N–H and O–H groups in total. The number of halogens is 1. The van der Waals surface area contributed by atoms with Crippen molar-refractivity contribution in [1.29, 1.82) is 0 Å². The lowest BCUT2D eigenvalue weighted by molar-refractivity contribution is -0.358. The monoisotopic (exact) mass is 281 g/mol. The van der Waals surface area contributed by atoms with Gasteiger partial charge in [-0.1, -0.05) is 18.2 Å². The Balaban J connectivity index is 2.00. The van der Waals surface area contributed by atoms with Gasteiger partial charge in [0.05, 0.1) is 12.1 Å². The van der Waals surface area contributed by atoms with Gasteiger partial charge in [0.2, 0.25) is 11.5 Å². The number of hydrogen-bond acceptors (Lipinski definition) is 3. The van der Waals surface area contributed by atoms with Gasteiger partial charge >= 0.3 is 0 Å². The lowest BCUT2D eigenvalue weighted by atomic mass is 10.1. The lowest BCUT2D eigenvalue weighted by Gasteiger charge is -2.27. The van der Waals surface area contributed by atoms with E-state index in [1.807, 2.05) is 35.2 Å². The van der Waals surface area contributed by atoms with Crippen molar-refractivity contribution in [3.63, 3.8) is 0 Å². The maximum absolute atomic E-state index is 13.5. The zero-order valence-corrected chi connectivity index (χ0v) is 11.2. The predicted octanol–water partition coefficient (Wildman–Crippen LogP) is 2.69. The van der Waals surface area contributed by atoms with Crippen molar-refractivity contribution < 1.29 is 9.13 Å². The van der Waals surface area contributed by atoms with E-state index >= 15 is 0 Å². The molecule has 2 aliphatic heterocycles. The van der Waals surface area contributed by atoms with Crippen molar-refractivity contribution in [3.8, 4) is 0 Å². The molecule has 0 radical (unpaired) electrons. The van der Waals surface area contributed by atoms with Crippen LogP contribution in [0.3, 0.4) is 0 Å². The van der Waals surface area contributed by atoms with Crippen molar-refractivity contribution in [2.24, 2.45) is 4.99 Å². The van der Waals surface area contributed by atoms with Gasteiger partial charge in [-0.3, -0.25) is 4.99 Å². The first kappa shape index (κ1) is 12.1. The van der Waals surface area contributed by atoms with E-state index in [2.05, 4.69) is 4.99 Å². The molecule has 0 saturated carbocycles. The molecule has 0 spiro atoms. The summed E-state index contributed by atoms with van der Waals surface area (Å²) in [5, 5.41) is 12.7. The minimum Gasteiger partial charge on any atom is -0.618 e. The minimum atomic E-state index is -0.350. The molecular formula is C16H12FN3O. The first-order valence-electron chi connectivity index (χ1n) is 6.77. The van der Waals surface area contributed by atoms with Gasteiger partial charge in [-0.2, -0.15) is 4.74 Å². The van der Waals surface area contributed by atoms with Crippen LogP contribution in [0.5, 0.6) is 0 Å². The zero-order valence-electron chi connectivity index (χ0n) is 11.2. The Labute approximate surface area is 121 Å². The van der Waals surface area contributed by atoms with E-state index in [0.717, 1.165) is 10.3 Å². The van der Waals surface area contributed by atoms with E-state index in [1.165, 1.54) is 18.2 Å². The van der Waals surface area contributed by atoms with Crippen molar-refractivity contribution in [3.05, 3.63) is 65.1 Å². The number of benzene rings is 2. The van der Waals surface area contributed by atoms with Gasteiger partial charge in [-0.15, -0.1) is 0 Å². The SMILES string of the molecule is [O-][N+]1=C(c2ccccc2)C2=NCCN2c2cc(F)ccc21. The topological polar surface area (TPSA) is 41.7 Å². The highest BCUT2D eigenvalue weighted by Gasteiger charge is 2.38. The van der Waals surface area contributed by atoms with Crippen LogP contribution in [0.25, 0.3) is 0 Å². The fourth-order valence-electron chi connectivity index (χ4n) is 2.82. The summed E-state index contributed by atoms with van der Waals surface area (Å²) in [5.41, 5.74) is 2.37. The van der Waals surface area contributed by atoms with E-state index in [4.69, 9.17) is 0 Å². The molecule has 0 fully saturated rings. The Morgan fingerprint density at radius 2 is 1.95 bits per heavy atom. The quantitative estimate of drug-likeness (QED) is 0.595. The Morgan fingerprint density at radius 3 is 2.76 bits per heavy atom. The molecule has 0 saturated heterocycles. The predicted molar refractivity (Wildman–Crippen MR) is 79.9 cm³/mol. The summed E-state index contributed by atoms with van der Waals surface area (Å²) in [7, 11) is 0. The molecule has 4 rings (SSSR count). The largest absolute Gasteiger partial charge is 0.618 e. The van der Waals surface area contributed by atoms with Crippen LogP contribution in [-0.2, 0) is 0 Å². The van der Waals surface area contributed by atoms with Crippen LogP contribution in [0.15, 0.2) is 53.5 Å². The van der Waals surface area contributed by atoms with Gasteiger partial charge in [0.15, 0.2) is 0 Å². The number of fused-ring (bicyclic) bond motifs is 3. The Bertz CT molecular complexity index is 783. The molecule has 2 heterocycles. The van der Waals surface area contributed by atoms with E-state index in [0.29, 0.717) is 36.0 Å². The molecule has 4 nitrogen and oxygen atoms in total. The van der Waals surface area contributed by atoms with Gasteiger partial charge < -0.3 is 10.1 Å². The van der Waals surface area contributed by atoms with Gasteiger partial charge in [0, 0.05) is 18.7 Å². The van der Waals surface area contributed by atoms with E-state index in [1.54, 1.807) is 0 Å².